The Bertz CT molecular complexity index is 872. The van der Waals surface area contributed by atoms with E-state index in [1.165, 1.54) is 18.4 Å². The quantitative estimate of drug-likeness (QED) is 0.564. The molecule has 1 saturated heterocycles. The maximum absolute atomic E-state index is 12.7. The number of fused-ring (bicyclic) bond motifs is 1. The van der Waals surface area contributed by atoms with E-state index in [1.807, 2.05) is 0 Å². The lowest BCUT2D eigenvalue weighted by Gasteiger charge is -2.19. The standard InChI is InChI=1S/C20H25N3O5S/c1-28-17(25)15-12-6-2-3-7-13(12)29-16(15)21-14(24)8-11-23-18(26)20(22-19(23)27)9-4-5-10-20/h2-11H2,1H3,(H,21,24)(H,22,27). The first-order valence-corrected chi connectivity index (χ1v) is 10.9. The van der Waals surface area contributed by atoms with E-state index in [9.17, 15) is 19.2 Å². The van der Waals surface area contributed by atoms with Gasteiger partial charge in [0.25, 0.3) is 5.91 Å². The van der Waals surface area contributed by atoms with Gasteiger partial charge in [0, 0.05) is 17.8 Å². The molecule has 1 aromatic rings. The van der Waals surface area contributed by atoms with E-state index in [1.54, 1.807) is 0 Å². The van der Waals surface area contributed by atoms with Gasteiger partial charge in [-0.1, -0.05) is 12.8 Å². The molecule has 3 aliphatic rings. The van der Waals surface area contributed by atoms with Crippen molar-refractivity contribution in [1.82, 2.24) is 10.2 Å². The number of carbonyl (C=O) groups is 4. The van der Waals surface area contributed by atoms with Crippen LogP contribution in [-0.4, -0.2) is 47.9 Å². The topological polar surface area (TPSA) is 105 Å². The molecule has 1 saturated carbocycles. The van der Waals surface area contributed by atoms with E-state index < -0.39 is 17.5 Å². The van der Waals surface area contributed by atoms with Crippen LogP contribution < -0.4 is 10.6 Å². The van der Waals surface area contributed by atoms with Gasteiger partial charge in [-0.25, -0.2) is 9.59 Å². The molecule has 9 heteroatoms. The highest BCUT2D eigenvalue weighted by Crippen LogP contribution is 2.39. The number of amides is 4. The zero-order chi connectivity index (χ0) is 20.6. The Kier molecular flexibility index (Phi) is 5.33. The highest BCUT2D eigenvalue weighted by Gasteiger charge is 2.52. The molecule has 2 aliphatic carbocycles. The van der Waals surface area contributed by atoms with Gasteiger partial charge in [-0.3, -0.25) is 14.5 Å². The van der Waals surface area contributed by atoms with Crippen molar-refractivity contribution < 1.29 is 23.9 Å². The van der Waals surface area contributed by atoms with Crippen molar-refractivity contribution in [2.75, 3.05) is 19.0 Å². The molecule has 0 unspecified atom stereocenters. The van der Waals surface area contributed by atoms with Gasteiger partial charge in [-0.2, -0.15) is 0 Å². The Hall–Kier alpha value is -2.42. The summed E-state index contributed by atoms with van der Waals surface area (Å²) in [5, 5.41) is 6.12. The number of hydrogen-bond donors (Lipinski definition) is 2. The normalized spacial score (nSPS) is 20.0. The van der Waals surface area contributed by atoms with Crippen LogP contribution in [0.5, 0.6) is 0 Å². The Morgan fingerprint density at radius 1 is 1.17 bits per heavy atom. The zero-order valence-corrected chi connectivity index (χ0v) is 17.3. The number of rotatable bonds is 5. The second-order valence-corrected chi connectivity index (χ2v) is 8.99. The van der Waals surface area contributed by atoms with Crippen LogP contribution in [0.4, 0.5) is 9.80 Å². The molecule has 1 spiro atoms. The minimum atomic E-state index is -0.765. The summed E-state index contributed by atoms with van der Waals surface area (Å²) in [5.74, 6) is -1.01. The molecule has 29 heavy (non-hydrogen) atoms. The zero-order valence-electron chi connectivity index (χ0n) is 16.5. The fourth-order valence-electron chi connectivity index (χ4n) is 4.57. The molecule has 4 rings (SSSR count). The lowest BCUT2D eigenvalue weighted by Crippen LogP contribution is -2.44. The van der Waals surface area contributed by atoms with Crippen molar-refractivity contribution in [3.8, 4) is 0 Å². The number of ether oxygens (including phenoxy) is 1. The molecule has 0 radical (unpaired) electrons. The highest BCUT2D eigenvalue weighted by molar-refractivity contribution is 7.17. The molecule has 0 bridgehead atoms. The van der Waals surface area contributed by atoms with Gasteiger partial charge in [0.05, 0.1) is 12.7 Å². The molecule has 1 aromatic heterocycles. The number of nitrogens with zero attached hydrogens (tertiary/aromatic N) is 1. The summed E-state index contributed by atoms with van der Waals surface area (Å²) >= 11 is 1.42. The third-order valence-corrected chi connectivity index (χ3v) is 7.29. The number of anilines is 1. The molecule has 1 aliphatic heterocycles. The number of methoxy groups -OCH3 is 1. The second kappa shape index (κ2) is 7.78. The molecular weight excluding hydrogens is 394 g/mol. The average molecular weight is 420 g/mol. The van der Waals surface area contributed by atoms with E-state index in [-0.39, 0.29) is 24.8 Å². The van der Waals surface area contributed by atoms with Gasteiger partial charge in [0.2, 0.25) is 5.91 Å². The van der Waals surface area contributed by atoms with Crippen LogP contribution in [0.3, 0.4) is 0 Å². The number of nitrogens with one attached hydrogen (secondary N) is 2. The fourth-order valence-corrected chi connectivity index (χ4v) is 5.86. The maximum atomic E-state index is 12.7. The van der Waals surface area contributed by atoms with Crippen LogP contribution in [0.25, 0.3) is 0 Å². The third kappa shape index (κ3) is 3.52. The van der Waals surface area contributed by atoms with Gasteiger partial charge >= 0.3 is 12.0 Å². The highest BCUT2D eigenvalue weighted by atomic mass is 32.1. The molecule has 2 fully saturated rings. The molecule has 4 amide bonds. The number of urea groups is 1. The number of hydrogen-bond acceptors (Lipinski definition) is 6. The summed E-state index contributed by atoms with van der Waals surface area (Å²) in [6, 6.07) is -0.425. The molecule has 156 valence electrons. The smallest absolute Gasteiger partial charge is 0.341 e. The molecule has 2 heterocycles. The van der Waals surface area contributed by atoms with Gasteiger partial charge in [-0.05, 0) is 44.1 Å². The van der Waals surface area contributed by atoms with E-state index in [4.69, 9.17) is 4.74 Å². The lowest BCUT2D eigenvalue weighted by molar-refractivity contribution is -0.131. The van der Waals surface area contributed by atoms with Gasteiger partial charge in [0.1, 0.15) is 10.5 Å². The van der Waals surface area contributed by atoms with Crippen LogP contribution in [0, 0.1) is 0 Å². The number of imide groups is 1. The number of carbonyl (C=O) groups excluding carboxylic acids is 4. The predicted molar refractivity (Wildman–Crippen MR) is 107 cm³/mol. The largest absolute Gasteiger partial charge is 0.465 e. The lowest BCUT2D eigenvalue weighted by atomic mass is 9.95. The van der Waals surface area contributed by atoms with Crippen molar-refractivity contribution in [3.63, 3.8) is 0 Å². The summed E-state index contributed by atoms with van der Waals surface area (Å²) in [6.45, 7) is 0.0247. The number of esters is 1. The van der Waals surface area contributed by atoms with Crippen LogP contribution in [0.15, 0.2) is 0 Å². The Balaban J connectivity index is 1.43. The van der Waals surface area contributed by atoms with E-state index in [0.717, 1.165) is 53.9 Å². The fraction of sp³-hybridized carbons (Fsp3) is 0.600. The molecule has 0 atom stereocenters. The molecule has 8 nitrogen and oxygen atoms in total. The maximum Gasteiger partial charge on any atom is 0.341 e. The van der Waals surface area contributed by atoms with E-state index in [2.05, 4.69) is 10.6 Å². The summed E-state index contributed by atoms with van der Waals surface area (Å²) in [6.07, 6.45) is 6.90. The monoisotopic (exact) mass is 419 g/mol. The van der Waals surface area contributed by atoms with Crippen LogP contribution in [0.2, 0.25) is 0 Å². The van der Waals surface area contributed by atoms with Crippen molar-refractivity contribution in [1.29, 1.82) is 0 Å². The van der Waals surface area contributed by atoms with Gasteiger partial charge < -0.3 is 15.4 Å². The number of thiophene rings is 1. The van der Waals surface area contributed by atoms with Crippen molar-refractivity contribution in [3.05, 3.63) is 16.0 Å². The SMILES string of the molecule is COC(=O)c1c(NC(=O)CCN2C(=O)NC3(CCCC3)C2=O)sc2c1CCCC2. The first-order valence-electron chi connectivity index (χ1n) is 10.1. The Morgan fingerprint density at radius 2 is 1.90 bits per heavy atom. The van der Waals surface area contributed by atoms with Crippen molar-refractivity contribution >= 4 is 40.2 Å². The van der Waals surface area contributed by atoms with Gasteiger partial charge in [0.15, 0.2) is 0 Å². The van der Waals surface area contributed by atoms with Gasteiger partial charge in [-0.15, -0.1) is 11.3 Å². The van der Waals surface area contributed by atoms with Crippen LogP contribution in [-0.2, 0) is 27.2 Å². The average Bonchev–Trinajstić information content (AvgIpc) is 3.37. The summed E-state index contributed by atoms with van der Waals surface area (Å²) in [5.41, 5.74) is 0.652. The Labute approximate surface area is 173 Å². The summed E-state index contributed by atoms with van der Waals surface area (Å²) in [4.78, 5) is 52.0. The minimum absolute atomic E-state index is 0.0155. The second-order valence-electron chi connectivity index (χ2n) is 7.88. The molecule has 2 N–H and O–H groups in total. The first kappa shape index (κ1) is 19.9. The predicted octanol–water partition coefficient (Wildman–Crippen LogP) is 2.61. The number of aryl methyl sites for hydroxylation is 1. The summed E-state index contributed by atoms with van der Waals surface area (Å²) < 4.78 is 4.92. The molecular formula is C20H25N3O5S. The minimum Gasteiger partial charge on any atom is -0.465 e. The Morgan fingerprint density at radius 3 is 2.62 bits per heavy atom. The van der Waals surface area contributed by atoms with E-state index in [0.29, 0.717) is 23.4 Å². The van der Waals surface area contributed by atoms with Crippen LogP contribution >= 0.6 is 11.3 Å². The van der Waals surface area contributed by atoms with Crippen molar-refractivity contribution in [2.45, 2.75) is 63.3 Å². The molecule has 0 aromatic carbocycles. The van der Waals surface area contributed by atoms with E-state index >= 15 is 0 Å². The van der Waals surface area contributed by atoms with Crippen LogP contribution in [0.1, 0.15) is 65.7 Å². The first-order chi connectivity index (χ1) is 13.9. The van der Waals surface area contributed by atoms with Crippen molar-refractivity contribution in [2.24, 2.45) is 0 Å². The summed E-state index contributed by atoms with van der Waals surface area (Å²) in [7, 11) is 1.33. The third-order valence-electron chi connectivity index (χ3n) is 6.08.